The van der Waals surface area contributed by atoms with E-state index in [0.717, 1.165) is 4.90 Å². The Bertz CT molecular complexity index is 280. The fourth-order valence-electron chi connectivity index (χ4n) is 0.622. The summed E-state index contributed by atoms with van der Waals surface area (Å²) in [4.78, 5) is 21.9. The van der Waals surface area contributed by atoms with Crippen LogP contribution in [0.5, 0.6) is 0 Å². The molecule has 1 N–H and O–H groups in total. The zero-order valence-corrected chi connectivity index (χ0v) is 7.42. The summed E-state index contributed by atoms with van der Waals surface area (Å²) in [6, 6.07) is 0. The Kier molecular flexibility index (Phi) is 3.67. The van der Waals surface area contributed by atoms with Gasteiger partial charge >= 0.3 is 12.1 Å². The average Bonchev–Trinajstić information content (AvgIpc) is 1.96. The number of nitrogens with zero attached hydrogens (tertiary/aromatic N) is 1. The van der Waals surface area contributed by atoms with Crippen LogP contribution in [0.3, 0.4) is 0 Å². The summed E-state index contributed by atoms with van der Waals surface area (Å²) in [6.07, 6.45) is -4.56. The highest BCUT2D eigenvalue weighted by atomic mass is 19.4. The van der Waals surface area contributed by atoms with Crippen LogP contribution in [0.1, 0.15) is 0 Å². The summed E-state index contributed by atoms with van der Waals surface area (Å²) in [5.74, 6) is -4.26. The van der Waals surface area contributed by atoms with Gasteiger partial charge in [0, 0.05) is 20.3 Å². The molecule has 0 aliphatic rings. The predicted molar refractivity (Wildman–Crippen MR) is 40.5 cm³/mol. The molecule has 0 rings (SSSR count). The normalized spacial score (nSPS) is 12.5. The Morgan fingerprint density at radius 3 is 1.93 bits per heavy atom. The molecule has 80 valence electrons. The molecule has 14 heavy (non-hydrogen) atoms. The van der Waals surface area contributed by atoms with Crippen molar-refractivity contribution in [3.05, 3.63) is 11.8 Å². The molecule has 0 radical (unpaired) electrons. The molecule has 7 heteroatoms. The second-order valence-corrected chi connectivity index (χ2v) is 2.64. The SMILES string of the molecule is CN(C)C=C(C(=O)O)C(=O)C(F)(F)F. The van der Waals surface area contributed by atoms with Crippen LogP contribution >= 0.6 is 0 Å². The van der Waals surface area contributed by atoms with E-state index in [1.807, 2.05) is 0 Å². The lowest BCUT2D eigenvalue weighted by Gasteiger charge is -2.09. The Morgan fingerprint density at radius 2 is 1.71 bits per heavy atom. The summed E-state index contributed by atoms with van der Waals surface area (Å²) in [7, 11) is 2.62. The summed E-state index contributed by atoms with van der Waals surface area (Å²) in [6.45, 7) is 0. The van der Waals surface area contributed by atoms with E-state index in [4.69, 9.17) is 5.11 Å². The lowest BCUT2D eigenvalue weighted by atomic mass is 10.2. The topological polar surface area (TPSA) is 57.6 Å². The standard InChI is InChI=1S/C7H8F3NO3/c1-11(2)3-4(6(13)14)5(12)7(8,9)10/h3H,1-2H3,(H,13,14). The van der Waals surface area contributed by atoms with Gasteiger partial charge in [-0.1, -0.05) is 0 Å². The number of hydrogen-bond donors (Lipinski definition) is 1. The Hall–Kier alpha value is -1.53. The number of rotatable bonds is 3. The van der Waals surface area contributed by atoms with Gasteiger partial charge in [0.15, 0.2) is 0 Å². The van der Waals surface area contributed by atoms with Gasteiger partial charge in [-0.15, -0.1) is 0 Å². The highest BCUT2D eigenvalue weighted by molar-refractivity contribution is 6.18. The molecule has 0 bridgehead atoms. The molecule has 0 fully saturated rings. The Balaban J connectivity index is 5.06. The lowest BCUT2D eigenvalue weighted by Crippen LogP contribution is -2.29. The quantitative estimate of drug-likeness (QED) is 0.423. The average molecular weight is 211 g/mol. The first-order valence-corrected chi connectivity index (χ1v) is 3.39. The van der Waals surface area contributed by atoms with Crippen LogP contribution in [0.15, 0.2) is 11.8 Å². The van der Waals surface area contributed by atoms with Crippen LogP contribution in [0.2, 0.25) is 0 Å². The van der Waals surface area contributed by atoms with E-state index in [1.165, 1.54) is 14.1 Å². The molecule has 0 aromatic heterocycles. The molecule has 0 heterocycles. The third-order valence-corrected chi connectivity index (χ3v) is 1.12. The lowest BCUT2D eigenvalue weighted by molar-refractivity contribution is -0.168. The van der Waals surface area contributed by atoms with E-state index < -0.39 is 23.5 Å². The van der Waals surface area contributed by atoms with E-state index >= 15 is 0 Å². The molecule has 0 unspecified atom stereocenters. The van der Waals surface area contributed by atoms with Crippen molar-refractivity contribution >= 4 is 11.8 Å². The summed E-state index contributed by atoms with van der Waals surface area (Å²) in [5, 5.41) is 8.34. The number of ketones is 1. The smallest absolute Gasteiger partial charge is 0.455 e. The second-order valence-electron chi connectivity index (χ2n) is 2.64. The van der Waals surface area contributed by atoms with Crippen molar-refractivity contribution in [2.45, 2.75) is 6.18 Å². The molecule has 0 amide bonds. The second kappa shape index (κ2) is 4.12. The van der Waals surface area contributed by atoms with Crippen molar-refractivity contribution < 1.29 is 27.9 Å². The van der Waals surface area contributed by atoms with Crippen molar-refractivity contribution in [2.24, 2.45) is 0 Å². The van der Waals surface area contributed by atoms with Crippen LogP contribution in [0.25, 0.3) is 0 Å². The summed E-state index contributed by atoms with van der Waals surface area (Å²) in [5.41, 5.74) is -1.30. The molecule has 4 nitrogen and oxygen atoms in total. The van der Waals surface area contributed by atoms with Gasteiger partial charge in [0.25, 0.3) is 5.78 Å². The van der Waals surface area contributed by atoms with E-state index in [9.17, 15) is 22.8 Å². The third kappa shape index (κ3) is 3.46. The van der Waals surface area contributed by atoms with Crippen LogP contribution in [-0.4, -0.2) is 42.0 Å². The monoisotopic (exact) mass is 211 g/mol. The molecular weight excluding hydrogens is 203 g/mol. The fourth-order valence-corrected chi connectivity index (χ4v) is 0.622. The number of carbonyl (C=O) groups is 2. The van der Waals surface area contributed by atoms with Crippen molar-refractivity contribution in [3.63, 3.8) is 0 Å². The zero-order valence-electron chi connectivity index (χ0n) is 7.42. The summed E-state index contributed by atoms with van der Waals surface area (Å²) < 4.78 is 35.5. The maximum atomic E-state index is 11.8. The first kappa shape index (κ1) is 12.5. The van der Waals surface area contributed by atoms with Gasteiger partial charge in [-0.05, 0) is 0 Å². The molecule has 0 saturated carbocycles. The molecule has 0 atom stereocenters. The Morgan fingerprint density at radius 1 is 1.29 bits per heavy atom. The van der Waals surface area contributed by atoms with Gasteiger partial charge in [0.2, 0.25) is 0 Å². The molecule has 0 aromatic carbocycles. The third-order valence-electron chi connectivity index (χ3n) is 1.12. The van der Waals surface area contributed by atoms with Crippen LogP contribution in [0, 0.1) is 0 Å². The molecule has 0 aliphatic heterocycles. The van der Waals surface area contributed by atoms with Crippen molar-refractivity contribution in [1.29, 1.82) is 0 Å². The number of halogens is 3. The molecular formula is C7H8F3NO3. The Labute approximate surface area is 77.6 Å². The van der Waals surface area contributed by atoms with Gasteiger partial charge in [0.05, 0.1) is 0 Å². The maximum Gasteiger partial charge on any atom is 0.455 e. The molecule has 0 aliphatic carbocycles. The van der Waals surface area contributed by atoms with Gasteiger partial charge in [-0.25, -0.2) is 4.79 Å². The maximum absolute atomic E-state index is 11.8. The molecule has 0 aromatic rings. The van der Waals surface area contributed by atoms with Gasteiger partial charge in [0.1, 0.15) is 5.57 Å². The highest BCUT2D eigenvalue weighted by Gasteiger charge is 2.43. The number of Topliss-reactive ketones (excluding diaryl/α,β-unsaturated/α-hetero) is 1. The van der Waals surface area contributed by atoms with Crippen LogP contribution < -0.4 is 0 Å². The van der Waals surface area contributed by atoms with E-state index in [2.05, 4.69) is 0 Å². The van der Waals surface area contributed by atoms with E-state index in [1.54, 1.807) is 0 Å². The number of alkyl halides is 3. The number of hydrogen-bond acceptors (Lipinski definition) is 3. The molecule has 0 spiro atoms. The van der Waals surface area contributed by atoms with Crippen LogP contribution in [-0.2, 0) is 9.59 Å². The van der Waals surface area contributed by atoms with Crippen molar-refractivity contribution in [1.82, 2.24) is 4.90 Å². The zero-order chi connectivity index (χ0) is 11.5. The largest absolute Gasteiger partial charge is 0.478 e. The van der Waals surface area contributed by atoms with Gasteiger partial charge < -0.3 is 10.0 Å². The van der Waals surface area contributed by atoms with Gasteiger partial charge in [-0.3, -0.25) is 4.79 Å². The highest BCUT2D eigenvalue weighted by Crippen LogP contribution is 2.20. The van der Waals surface area contributed by atoms with E-state index in [-0.39, 0.29) is 0 Å². The minimum atomic E-state index is -5.17. The van der Waals surface area contributed by atoms with Crippen molar-refractivity contribution in [3.8, 4) is 0 Å². The van der Waals surface area contributed by atoms with E-state index in [0.29, 0.717) is 6.20 Å². The minimum absolute atomic E-state index is 0.609. The van der Waals surface area contributed by atoms with Crippen LogP contribution in [0.4, 0.5) is 13.2 Å². The predicted octanol–water partition coefficient (Wildman–Crippen LogP) is 0.648. The number of carboxylic acids is 1. The fraction of sp³-hybridized carbons (Fsp3) is 0.429. The summed E-state index contributed by atoms with van der Waals surface area (Å²) >= 11 is 0. The number of carbonyl (C=O) groups excluding carboxylic acids is 1. The first-order chi connectivity index (χ1) is 6.16. The number of carboxylic acid groups (broad SMARTS) is 1. The van der Waals surface area contributed by atoms with Gasteiger partial charge in [-0.2, -0.15) is 13.2 Å². The minimum Gasteiger partial charge on any atom is -0.478 e. The number of aliphatic carboxylic acids is 1. The molecule has 0 saturated heterocycles. The first-order valence-electron chi connectivity index (χ1n) is 3.39. The van der Waals surface area contributed by atoms with Crippen molar-refractivity contribution in [2.75, 3.05) is 14.1 Å².